The van der Waals surface area contributed by atoms with E-state index in [0.717, 1.165) is 31.5 Å². The van der Waals surface area contributed by atoms with Crippen molar-refractivity contribution in [2.75, 3.05) is 19.6 Å². The van der Waals surface area contributed by atoms with E-state index in [2.05, 4.69) is 10.2 Å². The molecule has 21 heavy (non-hydrogen) atoms. The van der Waals surface area contributed by atoms with Crippen LogP contribution < -0.4 is 11.1 Å². The maximum atomic E-state index is 12.2. The summed E-state index contributed by atoms with van der Waals surface area (Å²) in [5.74, 6) is -0.0393. The van der Waals surface area contributed by atoms with Crippen LogP contribution in [0.4, 0.5) is 0 Å². The van der Waals surface area contributed by atoms with E-state index >= 15 is 0 Å². The summed E-state index contributed by atoms with van der Waals surface area (Å²) in [5.41, 5.74) is 7.12. The number of hydrogen-bond donors (Lipinski definition) is 2. The smallest absolute Gasteiger partial charge is 0.251 e. The number of piperidine rings is 1. The zero-order valence-corrected chi connectivity index (χ0v) is 13.6. The first-order valence-corrected chi connectivity index (χ1v) is 7.82. The lowest BCUT2D eigenvalue weighted by Gasteiger charge is -2.32. The molecule has 2 rings (SSSR count). The zero-order chi connectivity index (χ0) is 15.4. The fourth-order valence-corrected chi connectivity index (χ4v) is 2.81. The highest BCUT2D eigenvalue weighted by molar-refractivity contribution is 7.80. The molecule has 1 amide bonds. The second-order valence-electron chi connectivity index (χ2n) is 5.45. The van der Waals surface area contributed by atoms with Crippen LogP contribution in [0.25, 0.3) is 0 Å². The number of aryl methyl sites for hydroxylation is 1. The molecular weight excluding hydrogens is 306 g/mol. The third-order valence-corrected chi connectivity index (χ3v) is 4.28. The molecule has 1 aromatic rings. The molecule has 1 aromatic carbocycles. The lowest BCUT2D eigenvalue weighted by atomic mass is 10.0. The summed E-state index contributed by atoms with van der Waals surface area (Å²) >= 11 is 10.9. The number of rotatable bonds is 4. The minimum Gasteiger partial charge on any atom is -0.392 e. The van der Waals surface area contributed by atoms with Gasteiger partial charge in [-0.05, 0) is 43.5 Å². The van der Waals surface area contributed by atoms with E-state index in [0.29, 0.717) is 22.1 Å². The Morgan fingerprint density at radius 2 is 2.14 bits per heavy atom. The van der Waals surface area contributed by atoms with E-state index in [1.165, 1.54) is 0 Å². The number of nitrogens with one attached hydrogen (secondary N) is 1. The van der Waals surface area contributed by atoms with Crippen molar-refractivity contribution in [3.63, 3.8) is 0 Å². The monoisotopic (exact) mass is 325 g/mol. The third-order valence-electron chi connectivity index (χ3n) is 3.72. The summed E-state index contributed by atoms with van der Waals surface area (Å²) in [7, 11) is 0. The predicted molar refractivity (Wildman–Crippen MR) is 89.9 cm³/mol. The molecule has 0 spiro atoms. The fraction of sp³-hybridized carbons (Fsp3) is 0.467. The highest BCUT2D eigenvalue weighted by atomic mass is 35.5. The van der Waals surface area contributed by atoms with Crippen molar-refractivity contribution in [3.8, 4) is 0 Å². The van der Waals surface area contributed by atoms with Gasteiger partial charge >= 0.3 is 0 Å². The van der Waals surface area contributed by atoms with Crippen LogP contribution in [0, 0.1) is 6.92 Å². The predicted octanol–water partition coefficient (Wildman–Crippen LogP) is 2.13. The number of thiocarbonyl (C=S) groups is 1. The Balaban J connectivity index is 1.86. The summed E-state index contributed by atoms with van der Waals surface area (Å²) in [4.78, 5) is 15.0. The Labute approximate surface area is 135 Å². The number of carbonyl (C=O) groups excluding carboxylic acids is 1. The molecule has 0 bridgehead atoms. The number of amides is 1. The number of carbonyl (C=O) groups is 1. The van der Waals surface area contributed by atoms with Crippen molar-refractivity contribution in [2.24, 2.45) is 5.73 Å². The van der Waals surface area contributed by atoms with Crippen molar-refractivity contribution in [3.05, 3.63) is 34.3 Å². The molecule has 4 nitrogen and oxygen atoms in total. The summed E-state index contributed by atoms with van der Waals surface area (Å²) in [5, 5.41) is 3.76. The van der Waals surface area contributed by atoms with Gasteiger partial charge in [-0.3, -0.25) is 9.69 Å². The van der Waals surface area contributed by atoms with Crippen LogP contribution in [0.15, 0.2) is 18.2 Å². The van der Waals surface area contributed by atoms with Crippen LogP contribution in [0.5, 0.6) is 0 Å². The normalized spacial score (nSPS) is 16.7. The van der Waals surface area contributed by atoms with Gasteiger partial charge in [0.2, 0.25) is 0 Å². The number of benzene rings is 1. The molecule has 3 N–H and O–H groups in total. The second kappa shape index (κ2) is 7.20. The Morgan fingerprint density at radius 1 is 1.48 bits per heavy atom. The Morgan fingerprint density at radius 3 is 2.71 bits per heavy atom. The molecule has 0 radical (unpaired) electrons. The molecule has 1 saturated heterocycles. The largest absolute Gasteiger partial charge is 0.392 e. The second-order valence-corrected chi connectivity index (χ2v) is 6.39. The van der Waals surface area contributed by atoms with Gasteiger partial charge in [-0.15, -0.1) is 0 Å². The zero-order valence-electron chi connectivity index (χ0n) is 12.1. The van der Waals surface area contributed by atoms with Crippen LogP contribution in [0.2, 0.25) is 5.02 Å². The summed E-state index contributed by atoms with van der Waals surface area (Å²) in [6.07, 6.45) is 1.84. The van der Waals surface area contributed by atoms with Crippen LogP contribution in [0.1, 0.15) is 28.8 Å². The van der Waals surface area contributed by atoms with E-state index in [9.17, 15) is 4.79 Å². The van der Waals surface area contributed by atoms with Crippen molar-refractivity contribution in [2.45, 2.75) is 25.8 Å². The highest BCUT2D eigenvalue weighted by Gasteiger charge is 2.21. The van der Waals surface area contributed by atoms with E-state index in [1.54, 1.807) is 12.1 Å². The topological polar surface area (TPSA) is 58.4 Å². The lowest BCUT2D eigenvalue weighted by molar-refractivity contribution is 0.0915. The molecule has 6 heteroatoms. The molecule has 1 heterocycles. The van der Waals surface area contributed by atoms with Gasteiger partial charge in [-0.2, -0.15) is 0 Å². The molecule has 0 atom stereocenters. The number of nitrogens with two attached hydrogens (primary N) is 1. The SMILES string of the molecule is Cc1cc(C(=O)NC2CCN(CC(N)=S)CC2)ccc1Cl. The third kappa shape index (κ3) is 4.66. The molecule has 0 aromatic heterocycles. The van der Waals surface area contributed by atoms with Gasteiger partial charge in [-0.1, -0.05) is 23.8 Å². The number of hydrogen-bond acceptors (Lipinski definition) is 3. The van der Waals surface area contributed by atoms with E-state index < -0.39 is 0 Å². The summed E-state index contributed by atoms with van der Waals surface area (Å²) in [6, 6.07) is 5.54. The molecule has 0 saturated carbocycles. The minimum absolute atomic E-state index is 0.0393. The maximum Gasteiger partial charge on any atom is 0.251 e. The fourth-order valence-electron chi connectivity index (χ4n) is 2.51. The minimum atomic E-state index is -0.0393. The van der Waals surface area contributed by atoms with Gasteiger partial charge in [0.05, 0.1) is 4.99 Å². The van der Waals surface area contributed by atoms with Gasteiger partial charge < -0.3 is 11.1 Å². The number of likely N-dealkylation sites (tertiary alicyclic amines) is 1. The first kappa shape index (κ1) is 16.2. The van der Waals surface area contributed by atoms with Crippen LogP contribution >= 0.6 is 23.8 Å². The molecular formula is C15H20ClN3OS. The Hall–Kier alpha value is -1.17. The summed E-state index contributed by atoms with van der Waals surface area (Å²) < 4.78 is 0. The van der Waals surface area contributed by atoms with Crippen LogP contribution in [0.3, 0.4) is 0 Å². The molecule has 0 aliphatic carbocycles. The average molecular weight is 326 g/mol. The van der Waals surface area contributed by atoms with Crippen LogP contribution in [-0.4, -0.2) is 41.5 Å². The standard InChI is InChI=1S/C15H20ClN3OS/c1-10-8-11(2-3-13(10)16)15(20)18-12-4-6-19(7-5-12)9-14(17)21/h2-3,8,12H,4-7,9H2,1H3,(H2,17,21)(H,18,20). The van der Waals surface area contributed by atoms with Crippen molar-refractivity contribution < 1.29 is 4.79 Å². The Bertz CT molecular complexity index is 542. The first-order valence-electron chi connectivity index (χ1n) is 7.03. The van der Waals surface area contributed by atoms with Gasteiger partial charge in [0, 0.05) is 36.3 Å². The van der Waals surface area contributed by atoms with Gasteiger partial charge in [0.1, 0.15) is 0 Å². The number of nitrogens with zero attached hydrogens (tertiary/aromatic N) is 1. The van der Waals surface area contributed by atoms with E-state index in [1.807, 2.05) is 13.0 Å². The average Bonchev–Trinajstić information content (AvgIpc) is 2.43. The molecule has 1 aliphatic heterocycles. The van der Waals surface area contributed by atoms with Gasteiger partial charge in [0.15, 0.2) is 0 Å². The Kier molecular flexibility index (Phi) is 5.56. The van der Waals surface area contributed by atoms with Gasteiger partial charge in [-0.25, -0.2) is 0 Å². The molecule has 1 aliphatic rings. The number of halogens is 1. The molecule has 114 valence electrons. The van der Waals surface area contributed by atoms with Crippen molar-refractivity contribution in [1.29, 1.82) is 0 Å². The van der Waals surface area contributed by atoms with Gasteiger partial charge in [0.25, 0.3) is 5.91 Å². The maximum absolute atomic E-state index is 12.2. The first-order chi connectivity index (χ1) is 9.95. The quantitative estimate of drug-likeness (QED) is 0.833. The molecule has 1 fully saturated rings. The van der Waals surface area contributed by atoms with E-state index in [-0.39, 0.29) is 11.9 Å². The lowest BCUT2D eigenvalue weighted by Crippen LogP contribution is -2.46. The van der Waals surface area contributed by atoms with Crippen LogP contribution in [-0.2, 0) is 0 Å². The highest BCUT2D eigenvalue weighted by Crippen LogP contribution is 2.17. The van der Waals surface area contributed by atoms with E-state index in [4.69, 9.17) is 29.6 Å². The van der Waals surface area contributed by atoms with Crippen molar-refractivity contribution in [1.82, 2.24) is 10.2 Å². The summed E-state index contributed by atoms with van der Waals surface area (Å²) in [6.45, 7) is 4.36. The van der Waals surface area contributed by atoms with Crippen molar-refractivity contribution >= 4 is 34.7 Å². The molecule has 0 unspecified atom stereocenters.